The van der Waals surface area contributed by atoms with Crippen LogP contribution in [0.4, 0.5) is 0 Å². The molecular formula is C26H34BrNO6. The van der Waals surface area contributed by atoms with E-state index in [2.05, 4.69) is 28.2 Å². The van der Waals surface area contributed by atoms with E-state index in [-0.39, 0.29) is 23.9 Å². The van der Waals surface area contributed by atoms with E-state index in [9.17, 15) is 14.7 Å². The summed E-state index contributed by atoms with van der Waals surface area (Å²) in [4.78, 5) is 24.3. The molecule has 2 aromatic rings. The quantitative estimate of drug-likeness (QED) is 0.313. The van der Waals surface area contributed by atoms with Gasteiger partial charge in [-0.25, -0.2) is 4.79 Å². The number of halogens is 1. The van der Waals surface area contributed by atoms with Gasteiger partial charge in [0, 0.05) is 28.5 Å². The molecule has 0 fully saturated rings. The van der Waals surface area contributed by atoms with Gasteiger partial charge in [-0.2, -0.15) is 0 Å². The van der Waals surface area contributed by atoms with Crippen molar-refractivity contribution in [3.63, 3.8) is 0 Å². The van der Waals surface area contributed by atoms with Gasteiger partial charge in [0.15, 0.2) is 0 Å². The lowest BCUT2D eigenvalue weighted by molar-refractivity contribution is -0.131. The highest BCUT2D eigenvalue weighted by atomic mass is 79.9. The van der Waals surface area contributed by atoms with Crippen molar-refractivity contribution in [2.75, 3.05) is 7.11 Å². The summed E-state index contributed by atoms with van der Waals surface area (Å²) in [5, 5.41) is 14.6. The molecule has 0 aliphatic carbocycles. The van der Waals surface area contributed by atoms with E-state index in [4.69, 9.17) is 14.2 Å². The molecule has 2 rings (SSSR count). The molecule has 2 atom stereocenters. The van der Waals surface area contributed by atoms with Crippen molar-refractivity contribution in [2.24, 2.45) is 0 Å². The van der Waals surface area contributed by atoms with Gasteiger partial charge in [-0.1, -0.05) is 19.4 Å². The zero-order chi connectivity index (χ0) is 25.5. The van der Waals surface area contributed by atoms with Crippen LogP contribution in [0.1, 0.15) is 75.0 Å². The Balaban J connectivity index is 2.29. The zero-order valence-corrected chi connectivity index (χ0v) is 22.2. The molecule has 2 unspecified atom stereocenters. The van der Waals surface area contributed by atoms with E-state index in [0.29, 0.717) is 26.9 Å². The van der Waals surface area contributed by atoms with Crippen LogP contribution in [-0.2, 0) is 16.1 Å². The minimum Gasteiger partial charge on any atom is -0.497 e. The second-order valence-electron chi connectivity index (χ2n) is 9.12. The molecule has 0 amide bonds. The van der Waals surface area contributed by atoms with Gasteiger partial charge in [-0.05, 0) is 79.0 Å². The highest BCUT2D eigenvalue weighted by molar-refractivity contribution is 9.10. The topological polar surface area (TPSA) is 94.1 Å². The summed E-state index contributed by atoms with van der Waals surface area (Å²) in [6.07, 6.45) is 0.882. The predicted octanol–water partition coefficient (Wildman–Crippen LogP) is 5.33. The van der Waals surface area contributed by atoms with E-state index in [0.717, 1.165) is 12.8 Å². The minimum atomic E-state index is -0.796. The first kappa shape index (κ1) is 27.8. The molecule has 8 heteroatoms. The molecule has 0 saturated carbocycles. The maximum atomic E-state index is 12.7. The number of esters is 2. The van der Waals surface area contributed by atoms with Crippen molar-refractivity contribution in [1.29, 1.82) is 0 Å². The lowest BCUT2D eigenvalue weighted by Gasteiger charge is -2.32. The first-order valence-electron chi connectivity index (χ1n) is 11.2. The monoisotopic (exact) mass is 535 g/mol. The smallest absolute Gasteiger partial charge is 0.339 e. The second kappa shape index (κ2) is 12.3. The molecule has 0 radical (unpaired) electrons. The summed E-state index contributed by atoms with van der Waals surface area (Å²) in [5.74, 6) is -0.154. The SMILES string of the molecule is CCCC(NC(C)(C)C)C(O)c1ccc(OC(C)=O)c(COC(=O)c2ccc(OC)cc2Br)c1. The normalized spacial score (nSPS) is 13.2. The summed E-state index contributed by atoms with van der Waals surface area (Å²) in [5.41, 5.74) is 1.28. The van der Waals surface area contributed by atoms with Gasteiger partial charge in [0.2, 0.25) is 0 Å². The zero-order valence-electron chi connectivity index (χ0n) is 20.6. The standard InChI is InChI=1S/C26H34BrNO6/c1-7-8-22(28-26(3,4)5)24(30)17-9-12-23(34-16(2)29)18(13-17)15-33-25(31)20-11-10-19(32-6)14-21(20)27/h9-14,22,24,28,30H,7-8,15H2,1-6H3. The number of carbonyl (C=O) groups is 2. The number of rotatable bonds is 10. The number of benzene rings is 2. The van der Waals surface area contributed by atoms with Crippen LogP contribution in [0.25, 0.3) is 0 Å². The minimum absolute atomic E-state index is 0.133. The summed E-state index contributed by atoms with van der Waals surface area (Å²) in [7, 11) is 1.54. The van der Waals surface area contributed by atoms with Crippen LogP contribution < -0.4 is 14.8 Å². The number of carbonyl (C=O) groups excluding carboxylic acids is 2. The van der Waals surface area contributed by atoms with Gasteiger partial charge < -0.3 is 24.6 Å². The average Bonchev–Trinajstić information content (AvgIpc) is 2.76. The number of nitrogens with one attached hydrogen (secondary N) is 1. The fraction of sp³-hybridized carbons (Fsp3) is 0.462. The van der Waals surface area contributed by atoms with E-state index in [1.165, 1.54) is 6.92 Å². The van der Waals surface area contributed by atoms with Crippen molar-refractivity contribution in [2.45, 2.75) is 71.8 Å². The molecule has 2 N–H and O–H groups in total. The molecule has 0 saturated heterocycles. The van der Waals surface area contributed by atoms with Gasteiger partial charge in [0.25, 0.3) is 0 Å². The largest absolute Gasteiger partial charge is 0.497 e. The fourth-order valence-electron chi connectivity index (χ4n) is 3.57. The molecule has 34 heavy (non-hydrogen) atoms. The maximum Gasteiger partial charge on any atom is 0.339 e. The molecule has 0 heterocycles. The number of methoxy groups -OCH3 is 1. The van der Waals surface area contributed by atoms with Gasteiger partial charge in [-0.15, -0.1) is 0 Å². The maximum absolute atomic E-state index is 12.7. The average molecular weight is 536 g/mol. The van der Waals surface area contributed by atoms with Crippen LogP contribution in [0.15, 0.2) is 40.9 Å². The van der Waals surface area contributed by atoms with Crippen LogP contribution in [0.2, 0.25) is 0 Å². The third kappa shape index (κ3) is 8.11. The molecule has 186 valence electrons. The predicted molar refractivity (Wildman–Crippen MR) is 134 cm³/mol. The third-order valence-corrected chi connectivity index (χ3v) is 5.69. The Hall–Kier alpha value is -2.42. The Morgan fingerprint density at radius 1 is 1.15 bits per heavy atom. The van der Waals surface area contributed by atoms with Crippen LogP contribution in [-0.4, -0.2) is 35.7 Å². The van der Waals surface area contributed by atoms with Gasteiger partial charge >= 0.3 is 11.9 Å². The van der Waals surface area contributed by atoms with Crippen LogP contribution >= 0.6 is 15.9 Å². The van der Waals surface area contributed by atoms with Crippen molar-refractivity contribution in [1.82, 2.24) is 5.32 Å². The van der Waals surface area contributed by atoms with Gasteiger partial charge in [-0.3, -0.25) is 4.79 Å². The molecule has 0 aromatic heterocycles. The Kier molecular flexibility index (Phi) is 10.1. The van der Waals surface area contributed by atoms with Gasteiger partial charge in [0.1, 0.15) is 18.1 Å². The number of hydrogen-bond donors (Lipinski definition) is 2. The van der Waals surface area contributed by atoms with Crippen LogP contribution in [0, 0.1) is 0 Å². The van der Waals surface area contributed by atoms with Crippen LogP contribution in [0.3, 0.4) is 0 Å². The molecule has 0 aliphatic rings. The fourth-order valence-corrected chi connectivity index (χ4v) is 4.09. The van der Waals surface area contributed by atoms with E-state index in [1.807, 2.05) is 20.8 Å². The summed E-state index contributed by atoms with van der Waals surface area (Å²) < 4.78 is 16.5. The number of hydrogen-bond acceptors (Lipinski definition) is 7. The first-order valence-corrected chi connectivity index (χ1v) is 12.0. The van der Waals surface area contributed by atoms with Crippen molar-refractivity contribution >= 4 is 27.9 Å². The number of ether oxygens (including phenoxy) is 3. The third-order valence-electron chi connectivity index (χ3n) is 5.03. The highest BCUT2D eigenvalue weighted by Gasteiger charge is 2.26. The van der Waals surface area contributed by atoms with E-state index in [1.54, 1.807) is 43.5 Å². The molecule has 0 aliphatic heterocycles. The van der Waals surface area contributed by atoms with E-state index >= 15 is 0 Å². The Bertz CT molecular complexity index is 1000. The first-order chi connectivity index (χ1) is 15.9. The summed E-state index contributed by atoms with van der Waals surface area (Å²) in [6, 6.07) is 9.83. The molecule has 2 aromatic carbocycles. The Morgan fingerprint density at radius 2 is 1.85 bits per heavy atom. The lowest BCUT2D eigenvalue weighted by Crippen LogP contribution is -2.46. The Labute approximate surface area is 209 Å². The van der Waals surface area contributed by atoms with Crippen molar-refractivity contribution < 1.29 is 28.9 Å². The second-order valence-corrected chi connectivity index (χ2v) is 9.97. The lowest BCUT2D eigenvalue weighted by atomic mass is 9.94. The molecular weight excluding hydrogens is 502 g/mol. The number of aliphatic hydroxyl groups is 1. The Morgan fingerprint density at radius 3 is 2.41 bits per heavy atom. The van der Waals surface area contributed by atoms with Crippen LogP contribution in [0.5, 0.6) is 11.5 Å². The van der Waals surface area contributed by atoms with Crippen molar-refractivity contribution in [3.05, 3.63) is 57.6 Å². The summed E-state index contributed by atoms with van der Waals surface area (Å²) >= 11 is 3.36. The summed E-state index contributed by atoms with van der Waals surface area (Å²) in [6.45, 7) is 9.39. The molecule has 7 nitrogen and oxygen atoms in total. The highest BCUT2D eigenvalue weighted by Crippen LogP contribution is 2.29. The molecule has 0 spiro atoms. The van der Waals surface area contributed by atoms with E-state index < -0.39 is 18.0 Å². The van der Waals surface area contributed by atoms with Gasteiger partial charge in [0.05, 0.1) is 18.8 Å². The number of aliphatic hydroxyl groups excluding tert-OH is 1. The molecule has 0 bridgehead atoms. The van der Waals surface area contributed by atoms with Crippen molar-refractivity contribution in [3.8, 4) is 11.5 Å².